The Bertz CT molecular complexity index is 297. The lowest BCUT2D eigenvalue weighted by molar-refractivity contribution is 0.282. The summed E-state index contributed by atoms with van der Waals surface area (Å²) in [6.07, 6.45) is 0. The SMILES string of the molecule is CCOc1[c]cc(OCC)c(OCC)c1. The highest BCUT2D eigenvalue weighted by Gasteiger charge is 2.06. The molecular formula is C12H17O3. The van der Waals surface area contributed by atoms with Crippen LogP contribution in [0.1, 0.15) is 20.8 Å². The van der Waals surface area contributed by atoms with Gasteiger partial charge in [-0.05, 0) is 26.8 Å². The fraction of sp³-hybridized carbons (Fsp3) is 0.500. The predicted molar refractivity (Wildman–Crippen MR) is 58.8 cm³/mol. The molecule has 83 valence electrons. The van der Waals surface area contributed by atoms with Gasteiger partial charge in [-0.1, -0.05) is 0 Å². The van der Waals surface area contributed by atoms with Gasteiger partial charge in [0, 0.05) is 12.1 Å². The van der Waals surface area contributed by atoms with Gasteiger partial charge in [-0.15, -0.1) is 0 Å². The maximum absolute atomic E-state index is 5.45. The van der Waals surface area contributed by atoms with E-state index in [1.54, 1.807) is 12.1 Å². The van der Waals surface area contributed by atoms with E-state index in [2.05, 4.69) is 6.07 Å². The van der Waals surface area contributed by atoms with Crippen LogP contribution in [0.2, 0.25) is 0 Å². The molecule has 0 aliphatic rings. The van der Waals surface area contributed by atoms with Crippen LogP contribution in [0.4, 0.5) is 0 Å². The largest absolute Gasteiger partial charge is 0.493 e. The molecule has 15 heavy (non-hydrogen) atoms. The van der Waals surface area contributed by atoms with Crippen LogP contribution in [0.25, 0.3) is 0 Å². The normalized spacial score (nSPS) is 9.80. The summed E-state index contributed by atoms with van der Waals surface area (Å²) in [5.41, 5.74) is 0. The average molecular weight is 209 g/mol. The molecule has 1 aromatic carbocycles. The predicted octanol–water partition coefficient (Wildman–Crippen LogP) is 2.68. The van der Waals surface area contributed by atoms with Crippen molar-refractivity contribution in [3.63, 3.8) is 0 Å². The van der Waals surface area contributed by atoms with E-state index in [9.17, 15) is 0 Å². The Morgan fingerprint density at radius 3 is 2.13 bits per heavy atom. The number of ether oxygens (including phenoxy) is 3. The summed E-state index contributed by atoms with van der Waals surface area (Å²) in [5.74, 6) is 2.11. The van der Waals surface area contributed by atoms with Crippen LogP contribution in [0.3, 0.4) is 0 Å². The van der Waals surface area contributed by atoms with Gasteiger partial charge in [-0.25, -0.2) is 0 Å². The van der Waals surface area contributed by atoms with Gasteiger partial charge in [0.2, 0.25) is 0 Å². The van der Waals surface area contributed by atoms with Gasteiger partial charge in [0.25, 0.3) is 0 Å². The topological polar surface area (TPSA) is 27.7 Å². The van der Waals surface area contributed by atoms with Gasteiger partial charge in [0.1, 0.15) is 5.75 Å². The first-order chi connectivity index (χ1) is 7.31. The molecule has 0 heterocycles. The number of benzene rings is 1. The highest BCUT2D eigenvalue weighted by molar-refractivity contribution is 5.44. The lowest BCUT2D eigenvalue weighted by atomic mass is 10.3. The van der Waals surface area contributed by atoms with Crippen LogP contribution in [0.5, 0.6) is 17.2 Å². The summed E-state index contributed by atoms with van der Waals surface area (Å²) >= 11 is 0. The van der Waals surface area contributed by atoms with Crippen LogP contribution >= 0.6 is 0 Å². The Morgan fingerprint density at radius 1 is 0.933 bits per heavy atom. The molecule has 0 bridgehead atoms. The maximum atomic E-state index is 5.45. The van der Waals surface area contributed by atoms with Crippen molar-refractivity contribution < 1.29 is 14.2 Å². The van der Waals surface area contributed by atoms with Gasteiger partial charge >= 0.3 is 0 Å². The van der Waals surface area contributed by atoms with E-state index in [4.69, 9.17) is 14.2 Å². The summed E-state index contributed by atoms with van der Waals surface area (Å²) in [4.78, 5) is 0. The molecule has 0 spiro atoms. The van der Waals surface area contributed by atoms with E-state index in [1.165, 1.54) is 0 Å². The highest BCUT2D eigenvalue weighted by atomic mass is 16.5. The molecule has 0 fully saturated rings. The third-order valence-electron chi connectivity index (χ3n) is 1.75. The van der Waals surface area contributed by atoms with E-state index in [0.717, 1.165) is 0 Å². The monoisotopic (exact) mass is 209 g/mol. The zero-order chi connectivity index (χ0) is 11.1. The Morgan fingerprint density at radius 2 is 1.53 bits per heavy atom. The molecule has 3 heteroatoms. The van der Waals surface area contributed by atoms with E-state index in [1.807, 2.05) is 20.8 Å². The molecule has 1 rings (SSSR count). The van der Waals surface area contributed by atoms with Gasteiger partial charge in [-0.2, -0.15) is 0 Å². The van der Waals surface area contributed by atoms with E-state index < -0.39 is 0 Å². The number of hydrogen-bond acceptors (Lipinski definition) is 3. The molecule has 0 aliphatic heterocycles. The smallest absolute Gasteiger partial charge is 0.164 e. The van der Waals surface area contributed by atoms with Crippen LogP contribution < -0.4 is 14.2 Å². The lowest BCUT2D eigenvalue weighted by Crippen LogP contribution is -1.99. The molecular weight excluding hydrogens is 192 g/mol. The van der Waals surface area contributed by atoms with Gasteiger partial charge < -0.3 is 14.2 Å². The summed E-state index contributed by atoms with van der Waals surface area (Å²) in [5, 5.41) is 0. The van der Waals surface area contributed by atoms with Crippen molar-refractivity contribution in [2.24, 2.45) is 0 Å². The minimum absolute atomic E-state index is 0.607. The Kier molecular flexibility index (Phi) is 4.81. The second-order valence-electron chi connectivity index (χ2n) is 2.82. The third kappa shape index (κ3) is 3.35. The zero-order valence-corrected chi connectivity index (χ0v) is 9.50. The summed E-state index contributed by atoms with van der Waals surface area (Å²) in [6, 6.07) is 6.55. The summed E-state index contributed by atoms with van der Waals surface area (Å²) in [6.45, 7) is 7.65. The summed E-state index contributed by atoms with van der Waals surface area (Å²) in [7, 11) is 0. The molecule has 0 saturated carbocycles. The first-order valence-electron chi connectivity index (χ1n) is 5.25. The van der Waals surface area contributed by atoms with Crippen LogP contribution in [-0.2, 0) is 0 Å². The minimum Gasteiger partial charge on any atom is -0.493 e. The van der Waals surface area contributed by atoms with Crippen molar-refractivity contribution in [3.05, 3.63) is 18.2 Å². The van der Waals surface area contributed by atoms with Crippen molar-refractivity contribution in [1.29, 1.82) is 0 Å². The molecule has 0 aliphatic carbocycles. The second-order valence-corrected chi connectivity index (χ2v) is 2.82. The number of rotatable bonds is 6. The van der Waals surface area contributed by atoms with Crippen molar-refractivity contribution in [3.8, 4) is 17.2 Å². The molecule has 0 aromatic heterocycles. The lowest BCUT2D eigenvalue weighted by Gasteiger charge is -2.12. The Balaban J connectivity index is 2.87. The number of hydrogen-bond donors (Lipinski definition) is 0. The second kappa shape index (κ2) is 6.17. The molecule has 1 aromatic rings. The van der Waals surface area contributed by atoms with Crippen molar-refractivity contribution in [1.82, 2.24) is 0 Å². The van der Waals surface area contributed by atoms with E-state index in [0.29, 0.717) is 37.1 Å². The minimum atomic E-state index is 0.607. The molecule has 1 radical (unpaired) electrons. The summed E-state index contributed by atoms with van der Waals surface area (Å²) < 4.78 is 16.2. The quantitative estimate of drug-likeness (QED) is 0.721. The highest BCUT2D eigenvalue weighted by Crippen LogP contribution is 2.31. The van der Waals surface area contributed by atoms with Crippen molar-refractivity contribution >= 4 is 0 Å². The zero-order valence-electron chi connectivity index (χ0n) is 9.50. The van der Waals surface area contributed by atoms with Crippen molar-refractivity contribution in [2.45, 2.75) is 20.8 Å². The van der Waals surface area contributed by atoms with Gasteiger partial charge in [0.15, 0.2) is 11.5 Å². The molecule has 0 saturated heterocycles. The van der Waals surface area contributed by atoms with Crippen molar-refractivity contribution in [2.75, 3.05) is 19.8 Å². The van der Waals surface area contributed by atoms with Gasteiger partial charge in [-0.3, -0.25) is 0 Å². The van der Waals surface area contributed by atoms with Crippen LogP contribution in [0, 0.1) is 6.07 Å². The average Bonchev–Trinajstić information content (AvgIpc) is 2.23. The standard InChI is InChI=1S/C12H17O3/c1-4-13-10-7-8-11(14-5-2)12(9-10)15-6-3/h8-9H,4-6H2,1-3H3. The maximum Gasteiger partial charge on any atom is 0.164 e. The van der Waals surface area contributed by atoms with E-state index in [-0.39, 0.29) is 0 Å². The molecule has 3 nitrogen and oxygen atoms in total. The third-order valence-corrected chi connectivity index (χ3v) is 1.75. The molecule has 0 unspecified atom stereocenters. The Labute approximate surface area is 91.0 Å². The fourth-order valence-corrected chi connectivity index (χ4v) is 1.22. The molecule has 0 atom stereocenters. The fourth-order valence-electron chi connectivity index (χ4n) is 1.22. The van der Waals surface area contributed by atoms with Crippen LogP contribution in [-0.4, -0.2) is 19.8 Å². The first-order valence-corrected chi connectivity index (χ1v) is 5.25. The van der Waals surface area contributed by atoms with Crippen LogP contribution in [0.15, 0.2) is 12.1 Å². The van der Waals surface area contributed by atoms with Gasteiger partial charge in [0.05, 0.1) is 19.8 Å². The molecule has 0 amide bonds. The Hall–Kier alpha value is -1.38. The van der Waals surface area contributed by atoms with E-state index >= 15 is 0 Å². The first kappa shape index (κ1) is 11.7. The molecule has 0 N–H and O–H groups in total.